The molecule has 6 nitrogen and oxygen atoms in total. The Balaban J connectivity index is 2.00. The van der Waals surface area contributed by atoms with E-state index in [1.807, 2.05) is 0 Å². The maximum Gasteiger partial charge on any atom is 0.317 e. The van der Waals surface area contributed by atoms with Gasteiger partial charge in [-0.3, -0.25) is 9.59 Å². The van der Waals surface area contributed by atoms with Crippen molar-refractivity contribution in [2.45, 2.75) is 6.42 Å². The molecule has 0 fully saturated rings. The van der Waals surface area contributed by atoms with Crippen LogP contribution in [0.3, 0.4) is 0 Å². The van der Waals surface area contributed by atoms with Crippen LogP contribution in [0.25, 0.3) is 0 Å². The molecule has 23 heavy (non-hydrogen) atoms. The molecule has 120 valence electrons. The normalized spacial score (nSPS) is 11.7. The molecule has 0 saturated carbocycles. The summed E-state index contributed by atoms with van der Waals surface area (Å²) >= 11 is 0. The Morgan fingerprint density at radius 2 is 1.91 bits per heavy atom. The Morgan fingerprint density at radius 1 is 1.22 bits per heavy atom. The van der Waals surface area contributed by atoms with Gasteiger partial charge >= 0.3 is 5.91 Å². The van der Waals surface area contributed by atoms with Crippen LogP contribution in [0.2, 0.25) is 0 Å². The van der Waals surface area contributed by atoms with Crippen LogP contribution >= 0.6 is 0 Å². The molecule has 2 aromatic rings. The third-order valence-electron chi connectivity index (χ3n) is 3.36. The van der Waals surface area contributed by atoms with Crippen molar-refractivity contribution in [3.05, 3.63) is 70.9 Å². The number of aromatic nitrogens is 1. The molecule has 1 atom stereocenters. The Hall–Kier alpha value is -2.96. The van der Waals surface area contributed by atoms with Crippen LogP contribution in [0.4, 0.5) is 4.39 Å². The molecule has 2 rings (SSSR count). The second kappa shape index (κ2) is 7.35. The molecule has 2 amide bonds. The molecule has 0 saturated heterocycles. The largest absolute Gasteiger partial charge is 0.618 e. The van der Waals surface area contributed by atoms with E-state index in [0.29, 0.717) is 4.73 Å². The number of primary amides is 1. The monoisotopic (exact) mass is 317 g/mol. The van der Waals surface area contributed by atoms with Gasteiger partial charge in [-0.25, -0.2) is 4.39 Å². The number of hydrogen-bond donors (Lipinski definition) is 2. The van der Waals surface area contributed by atoms with Gasteiger partial charge in [0, 0.05) is 18.7 Å². The summed E-state index contributed by atoms with van der Waals surface area (Å²) in [5, 5.41) is 14.0. The number of nitrogens with one attached hydrogen (secondary N) is 1. The summed E-state index contributed by atoms with van der Waals surface area (Å²) in [6.45, 7) is -0.0135. The number of benzene rings is 1. The summed E-state index contributed by atoms with van der Waals surface area (Å²) in [6, 6.07) is 10.1. The van der Waals surface area contributed by atoms with Crippen LogP contribution in [0, 0.1) is 16.9 Å². The lowest BCUT2D eigenvalue weighted by Crippen LogP contribution is -2.42. The molecule has 0 aliphatic carbocycles. The van der Waals surface area contributed by atoms with E-state index in [9.17, 15) is 19.2 Å². The van der Waals surface area contributed by atoms with Gasteiger partial charge in [0.25, 0.3) is 5.69 Å². The number of rotatable bonds is 6. The average Bonchev–Trinajstić information content (AvgIpc) is 2.53. The number of hydrogen-bond acceptors (Lipinski definition) is 3. The van der Waals surface area contributed by atoms with Crippen LogP contribution in [-0.4, -0.2) is 18.4 Å². The van der Waals surface area contributed by atoms with Crippen LogP contribution in [0.5, 0.6) is 0 Å². The lowest BCUT2D eigenvalue weighted by atomic mass is 9.98. The van der Waals surface area contributed by atoms with Crippen LogP contribution < -0.4 is 15.8 Å². The summed E-state index contributed by atoms with van der Waals surface area (Å²) in [6.07, 6.45) is 1.47. The fourth-order valence-corrected chi connectivity index (χ4v) is 2.09. The van der Waals surface area contributed by atoms with Crippen molar-refractivity contribution in [2.24, 2.45) is 11.7 Å². The van der Waals surface area contributed by atoms with Gasteiger partial charge in [-0.1, -0.05) is 12.1 Å². The van der Waals surface area contributed by atoms with E-state index in [-0.39, 0.29) is 24.5 Å². The number of carbonyl (C=O) groups is 2. The molecule has 0 aliphatic rings. The van der Waals surface area contributed by atoms with E-state index in [2.05, 4.69) is 5.32 Å². The molecule has 7 heteroatoms. The van der Waals surface area contributed by atoms with E-state index < -0.39 is 17.7 Å². The van der Waals surface area contributed by atoms with Gasteiger partial charge in [0.1, 0.15) is 5.82 Å². The summed E-state index contributed by atoms with van der Waals surface area (Å²) in [5.74, 6) is -2.21. The standard InChI is InChI=1S/C16H16FN3O3/c17-13-6-4-11(5-7-13)9-12(15(18)21)10-19-16(22)14-3-1-2-8-20(14)23/h1-8,12H,9-10H2,(H2,18,21)(H,19,22). The minimum absolute atomic E-state index is 0.0135. The van der Waals surface area contributed by atoms with Crippen LogP contribution in [0.15, 0.2) is 48.7 Å². The third-order valence-corrected chi connectivity index (χ3v) is 3.36. The molecular weight excluding hydrogens is 301 g/mol. The predicted molar refractivity (Wildman–Crippen MR) is 80.5 cm³/mol. The average molecular weight is 317 g/mol. The lowest BCUT2D eigenvalue weighted by molar-refractivity contribution is -0.607. The van der Waals surface area contributed by atoms with E-state index in [0.717, 1.165) is 5.56 Å². The third kappa shape index (κ3) is 4.50. The van der Waals surface area contributed by atoms with E-state index in [1.54, 1.807) is 18.2 Å². The topological polar surface area (TPSA) is 99.1 Å². The van der Waals surface area contributed by atoms with Crippen molar-refractivity contribution in [1.29, 1.82) is 0 Å². The first kappa shape index (κ1) is 16.4. The first-order valence-corrected chi connectivity index (χ1v) is 6.97. The lowest BCUT2D eigenvalue weighted by Gasteiger charge is -2.14. The Bertz CT molecular complexity index is 704. The Kier molecular flexibility index (Phi) is 5.24. The van der Waals surface area contributed by atoms with Gasteiger partial charge in [-0.05, 0) is 30.2 Å². The molecule has 1 heterocycles. The fourth-order valence-electron chi connectivity index (χ4n) is 2.09. The van der Waals surface area contributed by atoms with E-state index in [1.165, 1.54) is 30.5 Å². The van der Waals surface area contributed by atoms with Gasteiger partial charge in [-0.15, -0.1) is 0 Å². The van der Waals surface area contributed by atoms with Gasteiger partial charge in [0.05, 0.1) is 5.92 Å². The van der Waals surface area contributed by atoms with Crippen molar-refractivity contribution >= 4 is 11.8 Å². The minimum atomic E-state index is -0.659. The smallest absolute Gasteiger partial charge is 0.317 e. The zero-order valence-corrected chi connectivity index (χ0v) is 12.2. The van der Waals surface area contributed by atoms with Gasteiger partial charge in [0.15, 0.2) is 6.20 Å². The quantitative estimate of drug-likeness (QED) is 0.600. The molecular formula is C16H16FN3O3. The summed E-state index contributed by atoms with van der Waals surface area (Å²) < 4.78 is 13.3. The maximum atomic E-state index is 12.9. The summed E-state index contributed by atoms with van der Waals surface area (Å²) in [4.78, 5) is 23.5. The number of nitrogens with two attached hydrogens (primary N) is 1. The second-order valence-corrected chi connectivity index (χ2v) is 5.05. The fraction of sp³-hybridized carbons (Fsp3) is 0.188. The number of halogens is 1. The number of amides is 2. The highest BCUT2D eigenvalue weighted by Gasteiger charge is 2.20. The van der Waals surface area contributed by atoms with Crippen molar-refractivity contribution in [1.82, 2.24) is 5.32 Å². The zero-order chi connectivity index (χ0) is 16.8. The predicted octanol–water partition coefficient (Wildman–Crippen LogP) is 0.533. The molecule has 0 spiro atoms. The van der Waals surface area contributed by atoms with Gasteiger partial charge < -0.3 is 16.3 Å². The van der Waals surface area contributed by atoms with Crippen molar-refractivity contribution in [3.63, 3.8) is 0 Å². The Labute approximate surface area is 132 Å². The Morgan fingerprint density at radius 3 is 2.52 bits per heavy atom. The zero-order valence-electron chi connectivity index (χ0n) is 12.2. The highest BCUT2D eigenvalue weighted by Crippen LogP contribution is 2.09. The first-order chi connectivity index (χ1) is 11.0. The number of carbonyl (C=O) groups excluding carboxylic acids is 2. The molecule has 0 bridgehead atoms. The summed E-state index contributed by atoms with van der Waals surface area (Å²) in [5.41, 5.74) is 5.99. The SMILES string of the molecule is NC(=O)C(CNC(=O)c1cccc[n+]1[O-])Cc1ccc(F)cc1. The van der Waals surface area contributed by atoms with E-state index >= 15 is 0 Å². The molecule has 1 aromatic carbocycles. The molecule has 0 aliphatic heterocycles. The van der Waals surface area contributed by atoms with E-state index in [4.69, 9.17) is 5.73 Å². The van der Waals surface area contributed by atoms with Crippen molar-refractivity contribution < 1.29 is 18.7 Å². The molecule has 1 unspecified atom stereocenters. The van der Waals surface area contributed by atoms with Gasteiger partial charge in [0.2, 0.25) is 5.91 Å². The van der Waals surface area contributed by atoms with Crippen LogP contribution in [0.1, 0.15) is 16.1 Å². The summed E-state index contributed by atoms with van der Waals surface area (Å²) in [7, 11) is 0. The van der Waals surface area contributed by atoms with Crippen molar-refractivity contribution in [3.8, 4) is 0 Å². The number of nitrogens with zero attached hydrogens (tertiary/aromatic N) is 1. The van der Waals surface area contributed by atoms with Gasteiger partial charge in [-0.2, -0.15) is 4.73 Å². The molecule has 0 radical (unpaired) electrons. The first-order valence-electron chi connectivity index (χ1n) is 6.97. The molecule has 1 aromatic heterocycles. The maximum absolute atomic E-state index is 12.9. The highest BCUT2D eigenvalue weighted by molar-refractivity contribution is 5.91. The van der Waals surface area contributed by atoms with Crippen molar-refractivity contribution in [2.75, 3.05) is 6.54 Å². The second-order valence-electron chi connectivity index (χ2n) is 5.05. The number of pyridine rings is 1. The molecule has 3 N–H and O–H groups in total. The minimum Gasteiger partial charge on any atom is -0.618 e. The van der Waals surface area contributed by atoms with Crippen LogP contribution in [-0.2, 0) is 11.2 Å². The highest BCUT2D eigenvalue weighted by atomic mass is 19.1.